The summed E-state index contributed by atoms with van der Waals surface area (Å²) < 4.78 is 5.74. The zero-order valence-corrected chi connectivity index (χ0v) is 21.2. The highest BCUT2D eigenvalue weighted by Crippen LogP contribution is 2.18. The van der Waals surface area contributed by atoms with Crippen LogP contribution in [0, 0.1) is 11.8 Å². The third kappa shape index (κ3) is 9.92. The molecule has 0 spiro atoms. The average Bonchev–Trinajstić information content (AvgIpc) is 2.81. The zero-order chi connectivity index (χ0) is 25.8. The summed E-state index contributed by atoms with van der Waals surface area (Å²) in [7, 11) is 3.35. The summed E-state index contributed by atoms with van der Waals surface area (Å²) in [4.78, 5) is 51.8. The molecule has 1 aliphatic heterocycles. The Morgan fingerprint density at radius 2 is 1.86 bits per heavy atom. The lowest BCUT2D eigenvalue weighted by Crippen LogP contribution is -2.51. The van der Waals surface area contributed by atoms with Crippen LogP contribution in [0.3, 0.4) is 0 Å². The molecular weight excluding hydrogens is 446 g/mol. The number of allylic oxidation sites excluding steroid dienone is 2. The van der Waals surface area contributed by atoms with E-state index < -0.39 is 30.0 Å². The first-order valence-corrected chi connectivity index (χ1v) is 12.3. The van der Waals surface area contributed by atoms with Crippen LogP contribution in [-0.2, 0) is 25.5 Å². The van der Waals surface area contributed by atoms with Crippen molar-refractivity contribution in [3.05, 3.63) is 48.0 Å². The number of benzene rings is 1. The molecule has 1 aliphatic rings. The molecule has 1 heterocycles. The third-order valence-corrected chi connectivity index (χ3v) is 5.96. The Balaban J connectivity index is 2.28. The van der Waals surface area contributed by atoms with Crippen molar-refractivity contribution in [2.24, 2.45) is 11.8 Å². The first-order chi connectivity index (χ1) is 16.7. The summed E-state index contributed by atoms with van der Waals surface area (Å²) >= 11 is 0. The van der Waals surface area contributed by atoms with Gasteiger partial charge in [-0.15, -0.1) is 0 Å². The number of cyclic esters (lactones) is 1. The first-order valence-electron chi connectivity index (χ1n) is 12.3. The average molecular weight is 486 g/mol. The molecule has 3 amide bonds. The van der Waals surface area contributed by atoms with Crippen molar-refractivity contribution in [2.75, 3.05) is 14.1 Å². The van der Waals surface area contributed by atoms with Crippen LogP contribution in [0.5, 0.6) is 0 Å². The molecule has 0 saturated carbocycles. The van der Waals surface area contributed by atoms with Gasteiger partial charge in [0.15, 0.2) is 0 Å². The molecule has 2 N–H and O–H groups in total. The lowest BCUT2D eigenvalue weighted by atomic mass is 9.94. The number of alkyl carbamates (subject to hydrolysis) is 1. The maximum Gasteiger partial charge on any atom is 0.408 e. The molecule has 0 aliphatic carbocycles. The lowest BCUT2D eigenvalue weighted by Gasteiger charge is -2.25. The van der Waals surface area contributed by atoms with Gasteiger partial charge in [-0.2, -0.15) is 0 Å². The molecule has 0 bridgehead atoms. The number of nitrogens with one attached hydrogen (secondary N) is 2. The van der Waals surface area contributed by atoms with Crippen LogP contribution in [0.1, 0.15) is 51.5 Å². The van der Waals surface area contributed by atoms with Crippen molar-refractivity contribution in [3.8, 4) is 0 Å². The molecule has 192 valence electrons. The summed E-state index contributed by atoms with van der Waals surface area (Å²) in [6, 6.07) is 8.09. The van der Waals surface area contributed by atoms with Gasteiger partial charge in [0.05, 0.1) is 6.04 Å². The van der Waals surface area contributed by atoms with E-state index >= 15 is 0 Å². The standard InChI is InChI=1S/C27H39N3O5/c1-19(2)15-24-25(32)28-22(18-31)17-21(26(33)30(3)4)13-9-6-10-14-23(35-27(34)29-24)16-20-11-7-5-8-12-20/h5-9,11-12,18-19,21-24H,10,13-17H2,1-4H3,(H,28,32)(H,29,34)/b9-6-/t21?,22-,23?,24-/m0/s1. The molecule has 1 aromatic carbocycles. The fraction of sp³-hybridized carbons (Fsp3) is 0.556. The van der Waals surface area contributed by atoms with Crippen molar-refractivity contribution >= 4 is 24.2 Å². The number of hydrogen-bond donors (Lipinski definition) is 2. The van der Waals surface area contributed by atoms with Gasteiger partial charge in [-0.05, 0) is 43.6 Å². The number of nitrogens with zero attached hydrogens (tertiary/aromatic N) is 1. The minimum atomic E-state index is -0.853. The van der Waals surface area contributed by atoms with Crippen LogP contribution in [-0.4, -0.2) is 61.4 Å². The molecular formula is C27H39N3O5. The highest BCUT2D eigenvalue weighted by Gasteiger charge is 2.29. The van der Waals surface area contributed by atoms with Crippen LogP contribution < -0.4 is 10.6 Å². The predicted octanol–water partition coefficient (Wildman–Crippen LogP) is 3.26. The van der Waals surface area contributed by atoms with Crippen molar-refractivity contribution < 1.29 is 23.9 Å². The maximum atomic E-state index is 13.0. The van der Waals surface area contributed by atoms with E-state index in [1.54, 1.807) is 14.1 Å². The van der Waals surface area contributed by atoms with Gasteiger partial charge >= 0.3 is 6.09 Å². The second kappa shape index (κ2) is 14.3. The van der Waals surface area contributed by atoms with Crippen molar-refractivity contribution in [1.82, 2.24) is 15.5 Å². The fourth-order valence-electron chi connectivity index (χ4n) is 4.17. The Hall–Kier alpha value is -3.16. The van der Waals surface area contributed by atoms with Crippen molar-refractivity contribution in [1.29, 1.82) is 0 Å². The number of rotatable bonds is 6. The number of amides is 3. The molecule has 0 saturated heterocycles. The summed E-state index contributed by atoms with van der Waals surface area (Å²) in [6.07, 6.45) is 6.36. The number of ether oxygens (including phenoxy) is 1. The normalized spacial score (nSPS) is 25.3. The Kier molecular flexibility index (Phi) is 11.5. The topological polar surface area (TPSA) is 105 Å². The molecule has 4 atom stereocenters. The van der Waals surface area contributed by atoms with Crippen LogP contribution in [0.2, 0.25) is 0 Å². The second-order valence-electron chi connectivity index (χ2n) is 9.74. The number of aldehydes is 1. The molecule has 1 aromatic rings. The number of hydrogen-bond acceptors (Lipinski definition) is 5. The smallest absolute Gasteiger partial charge is 0.408 e. The van der Waals surface area contributed by atoms with Crippen LogP contribution in [0.15, 0.2) is 42.5 Å². The Bertz CT molecular complexity index is 869. The maximum absolute atomic E-state index is 13.0. The molecule has 2 rings (SSSR count). The molecule has 2 unspecified atom stereocenters. The van der Waals surface area contributed by atoms with Gasteiger partial charge in [0, 0.05) is 26.4 Å². The summed E-state index contributed by atoms with van der Waals surface area (Å²) in [5, 5.41) is 5.41. The van der Waals surface area contributed by atoms with Crippen LogP contribution in [0.4, 0.5) is 4.79 Å². The SMILES string of the molecule is CC(C)C[C@@H]1NC(=O)OC(Cc2ccccc2)CC/C=C\CC(C(=O)N(C)C)C[C@@H](C=O)NC1=O. The quantitative estimate of drug-likeness (QED) is 0.475. The third-order valence-electron chi connectivity index (χ3n) is 5.96. The van der Waals surface area contributed by atoms with Crippen molar-refractivity contribution in [2.45, 2.75) is 70.6 Å². The lowest BCUT2D eigenvalue weighted by molar-refractivity contribution is -0.134. The summed E-state index contributed by atoms with van der Waals surface area (Å²) in [5.41, 5.74) is 1.05. The van der Waals surface area contributed by atoms with Gasteiger partial charge in [-0.25, -0.2) is 4.79 Å². The summed E-state index contributed by atoms with van der Waals surface area (Å²) in [6.45, 7) is 3.89. The number of carbonyl (C=O) groups is 4. The van der Waals surface area contributed by atoms with E-state index in [0.717, 1.165) is 5.56 Å². The summed E-state index contributed by atoms with van der Waals surface area (Å²) in [5.74, 6) is -0.891. The van der Waals surface area contributed by atoms with Gasteiger partial charge in [0.1, 0.15) is 18.4 Å². The van der Waals surface area contributed by atoms with Gasteiger partial charge < -0.3 is 25.1 Å². The van der Waals surface area contributed by atoms with E-state index in [-0.39, 0.29) is 24.3 Å². The van der Waals surface area contributed by atoms with E-state index in [2.05, 4.69) is 10.6 Å². The molecule has 8 heteroatoms. The van der Waals surface area contributed by atoms with E-state index in [1.165, 1.54) is 4.90 Å². The fourth-order valence-corrected chi connectivity index (χ4v) is 4.17. The monoisotopic (exact) mass is 485 g/mol. The number of carbonyl (C=O) groups excluding carboxylic acids is 4. The zero-order valence-electron chi connectivity index (χ0n) is 21.2. The Labute approximate surface area is 208 Å². The Morgan fingerprint density at radius 1 is 1.14 bits per heavy atom. The van der Waals surface area contributed by atoms with E-state index in [0.29, 0.717) is 38.4 Å². The molecule has 0 fully saturated rings. The molecule has 35 heavy (non-hydrogen) atoms. The van der Waals surface area contributed by atoms with Crippen molar-refractivity contribution in [3.63, 3.8) is 0 Å². The second-order valence-corrected chi connectivity index (χ2v) is 9.74. The minimum Gasteiger partial charge on any atom is -0.446 e. The highest BCUT2D eigenvalue weighted by atomic mass is 16.6. The predicted molar refractivity (Wildman–Crippen MR) is 135 cm³/mol. The van der Waals surface area contributed by atoms with Gasteiger partial charge in [-0.1, -0.05) is 56.3 Å². The molecule has 0 aromatic heterocycles. The largest absolute Gasteiger partial charge is 0.446 e. The van der Waals surface area contributed by atoms with Gasteiger partial charge in [-0.3, -0.25) is 9.59 Å². The van der Waals surface area contributed by atoms with E-state index in [4.69, 9.17) is 4.74 Å². The van der Waals surface area contributed by atoms with Crippen LogP contribution in [0.25, 0.3) is 0 Å². The van der Waals surface area contributed by atoms with Crippen LogP contribution >= 0.6 is 0 Å². The van der Waals surface area contributed by atoms with E-state index in [9.17, 15) is 19.2 Å². The van der Waals surface area contributed by atoms with Gasteiger partial charge in [0.25, 0.3) is 0 Å². The Morgan fingerprint density at radius 3 is 2.49 bits per heavy atom. The highest BCUT2D eigenvalue weighted by molar-refractivity contribution is 5.88. The van der Waals surface area contributed by atoms with E-state index in [1.807, 2.05) is 56.3 Å². The first kappa shape index (κ1) is 28.1. The van der Waals surface area contributed by atoms with Gasteiger partial charge in [0.2, 0.25) is 11.8 Å². The minimum absolute atomic E-state index is 0.0996. The molecule has 8 nitrogen and oxygen atoms in total. The molecule has 0 radical (unpaired) electrons.